The van der Waals surface area contributed by atoms with Crippen molar-refractivity contribution in [3.8, 4) is 17.2 Å². The van der Waals surface area contributed by atoms with Gasteiger partial charge in [-0.15, -0.1) is 0 Å². The van der Waals surface area contributed by atoms with Crippen LogP contribution in [0.1, 0.15) is 18.1 Å². The molecule has 0 aliphatic carbocycles. The summed E-state index contributed by atoms with van der Waals surface area (Å²) in [5, 5.41) is 1.79. The van der Waals surface area contributed by atoms with Gasteiger partial charge in [0.2, 0.25) is 0 Å². The van der Waals surface area contributed by atoms with Gasteiger partial charge >= 0.3 is 5.97 Å². The summed E-state index contributed by atoms with van der Waals surface area (Å²) in [6.45, 7) is 2.18. The van der Waals surface area contributed by atoms with Gasteiger partial charge in [0, 0.05) is 0 Å². The number of esters is 1. The zero-order valence-corrected chi connectivity index (χ0v) is 16.7. The highest BCUT2D eigenvalue weighted by atomic mass is 32.2. The molecule has 0 unspecified atom stereocenters. The van der Waals surface area contributed by atoms with E-state index < -0.39 is 17.1 Å². The molecule has 1 aliphatic heterocycles. The lowest BCUT2D eigenvalue weighted by atomic mass is 10.1. The Hall–Kier alpha value is -3.26. The minimum absolute atomic E-state index is 0.0769. The Balaban J connectivity index is 1.76. The number of rotatable bonds is 7. The van der Waals surface area contributed by atoms with E-state index in [1.807, 2.05) is 13.0 Å². The third-order valence-electron chi connectivity index (χ3n) is 3.91. The predicted octanol–water partition coefficient (Wildman–Crippen LogP) is 3.57. The van der Waals surface area contributed by atoms with Gasteiger partial charge in [-0.25, -0.2) is 0 Å². The van der Waals surface area contributed by atoms with E-state index in [1.165, 1.54) is 0 Å². The van der Waals surface area contributed by atoms with E-state index in [-0.39, 0.29) is 12.2 Å². The summed E-state index contributed by atoms with van der Waals surface area (Å²) in [5.74, 6) is 0.431. The van der Waals surface area contributed by atoms with Gasteiger partial charge in [-0.05, 0) is 60.2 Å². The molecule has 7 nitrogen and oxygen atoms in total. The molecule has 0 spiro atoms. The number of carbonyl (C=O) groups excluding carboxylic acids is 3. The third-order valence-corrected chi connectivity index (χ3v) is 4.72. The molecule has 0 bridgehead atoms. The van der Waals surface area contributed by atoms with E-state index in [4.69, 9.17) is 14.2 Å². The molecule has 8 heteroatoms. The van der Waals surface area contributed by atoms with Crippen LogP contribution in [0.15, 0.2) is 47.4 Å². The first-order valence-electron chi connectivity index (χ1n) is 8.84. The second kappa shape index (κ2) is 9.29. The van der Waals surface area contributed by atoms with Crippen molar-refractivity contribution >= 4 is 35.0 Å². The Morgan fingerprint density at radius 1 is 1.14 bits per heavy atom. The number of methoxy groups -OCH3 is 1. The SMILES string of the molecule is CCOc1cc(C=C2SC(=O)NC2=O)ccc1OC(=O)Cc1cccc(OC)c1. The number of thioether (sulfide) groups is 1. The van der Waals surface area contributed by atoms with E-state index in [1.54, 1.807) is 49.6 Å². The molecule has 2 aromatic rings. The number of imide groups is 1. The van der Waals surface area contributed by atoms with Gasteiger partial charge in [0.25, 0.3) is 11.1 Å². The number of hydrogen-bond acceptors (Lipinski definition) is 7. The normalized spacial score (nSPS) is 14.6. The molecule has 1 aliphatic rings. The van der Waals surface area contributed by atoms with Crippen molar-refractivity contribution in [2.75, 3.05) is 13.7 Å². The fourth-order valence-corrected chi connectivity index (χ4v) is 3.33. The Labute approximate surface area is 172 Å². The summed E-state index contributed by atoms with van der Waals surface area (Å²) in [5.41, 5.74) is 1.41. The van der Waals surface area contributed by atoms with Crippen LogP contribution in [-0.2, 0) is 16.0 Å². The van der Waals surface area contributed by atoms with E-state index in [2.05, 4.69) is 5.32 Å². The van der Waals surface area contributed by atoms with Crippen LogP contribution in [0.5, 0.6) is 17.2 Å². The maximum absolute atomic E-state index is 12.4. The molecule has 2 aromatic carbocycles. The van der Waals surface area contributed by atoms with Crippen LogP contribution in [0.3, 0.4) is 0 Å². The zero-order valence-electron chi connectivity index (χ0n) is 15.9. The Kier molecular flexibility index (Phi) is 6.56. The predicted molar refractivity (Wildman–Crippen MR) is 109 cm³/mol. The fourth-order valence-electron chi connectivity index (χ4n) is 2.65. The minimum atomic E-state index is -0.443. The van der Waals surface area contributed by atoms with Crippen molar-refractivity contribution < 1.29 is 28.6 Å². The number of hydrogen-bond donors (Lipinski definition) is 1. The van der Waals surface area contributed by atoms with Crippen molar-refractivity contribution in [1.82, 2.24) is 5.32 Å². The lowest BCUT2D eigenvalue weighted by Crippen LogP contribution is -2.17. The van der Waals surface area contributed by atoms with Crippen LogP contribution in [0.25, 0.3) is 6.08 Å². The Morgan fingerprint density at radius 3 is 2.66 bits per heavy atom. The molecule has 1 N–H and O–H groups in total. The Bertz CT molecular complexity index is 985. The van der Waals surface area contributed by atoms with Gasteiger partial charge in [-0.3, -0.25) is 19.7 Å². The summed E-state index contributed by atoms with van der Waals surface area (Å²) >= 11 is 0.832. The van der Waals surface area contributed by atoms with Crippen molar-refractivity contribution in [2.24, 2.45) is 0 Å². The topological polar surface area (TPSA) is 90.9 Å². The second-order valence-corrected chi connectivity index (χ2v) is 7.01. The number of amides is 2. The minimum Gasteiger partial charge on any atom is -0.497 e. The van der Waals surface area contributed by atoms with Gasteiger partial charge in [-0.2, -0.15) is 0 Å². The standard InChI is InChI=1S/C21H19NO6S/c1-3-27-17-10-14(11-18-20(24)22-21(25)29-18)7-8-16(17)28-19(23)12-13-5-4-6-15(9-13)26-2/h4-11H,3,12H2,1-2H3,(H,22,24,25). The van der Waals surface area contributed by atoms with Crippen LogP contribution in [-0.4, -0.2) is 30.8 Å². The third kappa shape index (κ3) is 5.39. The summed E-state index contributed by atoms with van der Waals surface area (Å²) in [6.07, 6.45) is 1.66. The highest BCUT2D eigenvalue weighted by Crippen LogP contribution is 2.32. The molecule has 3 rings (SSSR count). The van der Waals surface area contributed by atoms with Crippen LogP contribution < -0.4 is 19.5 Å². The monoisotopic (exact) mass is 413 g/mol. The molecule has 150 valence electrons. The van der Waals surface area contributed by atoms with E-state index >= 15 is 0 Å². The van der Waals surface area contributed by atoms with Crippen molar-refractivity contribution in [3.63, 3.8) is 0 Å². The second-order valence-electron chi connectivity index (χ2n) is 5.99. The molecule has 0 atom stereocenters. The van der Waals surface area contributed by atoms with Gasteiger partial charge in [-0.1, -0.05) is 18.2 Å². The van der Waals surface area contributed by atoms with Crippen LogP contribution >= 0.6 is 11.8 Å². The number of benzene rings is 2. The van der Waals surface area contributed by atoms with E-state index in [0.29, 0.717) is 28.6 Å². The first kappa shape index (κ1) is 20.5. The number of ether oxygens (including phenoxy) is 3. The average molecular weight is 413 g/mol. The first-order chi connectivity index (χ1) is 14.0. The number of carbonyl (C=O) groups is 3. The molecule has 1 saturated heterocycles. The lowest BCUT2D eigenvalue weighted by molar-refractivity contribution is -0.133. The molecule has 29 heavy (non-hydrogen) atoms. The van der Waals surface area contributed by atoms with Gasteiger partial charge < -0.3 is 14.2 Å². The van der Waals surface area contributed by atoms with Crippen molar-refractivity contribution in [2.45, 2.75) is 13.3 Å². The maximum Gasteiger partial charge on any atom is 0.315 e. The smallest absolute Gasteiger partial charge is 0.315 e. The van der Waals surface area contributed by atoms with Crippen LogP contribution in [0.4, 0.5) is 4.79 Å². The quantitative estimate of drug-likeness (QED) is 0.422. The molecule has 0 aromatic heterocycles. The summed E-state index contributed by atoms with van der Waals surface area (Å²) in [6, 6.07) is 12.1. The highest BCUT2D eigenvalue weighted by Gasteiger charge is 2.25. The van der Waals surface area contributed by atoms with Gasteiger partial charge in [0.05, 0.1) is 25.0 Å². The largest absolute Gasteiger partial charge is 0.497 e. The van der Waals surface area contributed by atoms with Crippen molar-refractivity contribution in [1.29, 1.82) is 0 Å². The summed E-state index contributed by atoms with van der Waals surface area (Å²) in [7, 11) is 1.56. The van der Waals surface area contributed by atoms with Crippen LogP contribution in [0, 0.1) is 0 Å². The first-order valence-corrected chi connectivity index (χ1v) is 9.65. The maximum atomic E-state index is 12.4. The zero-order chi connectivity index (χ0) is 20.8. The molecular weight excluding hydrogens is 394 g/mol. The molecule has 1 fully saturated rings. The lowest BCUT2D eigenvalue weighted by Gasteiger charge is -2.12. The number of nitrogens with one attached hydrogen (secondary N) is 1. The molecule has 2 amide bonds. The summed E-state index contributed by atoms with van der Waals surface area (Å²) in [4.78, 5) is 35.6. The average Bonchev–Trinajstić information content (AvgIpc) is 3.01. The fraction of sp³-hybridized carbons (Fsp3) is 0.190. The van der Waals surface area contributed by atoms with Crippen LogP contribution in [0.2, 0.25) is 0 Å². The van der Waals surface area contributed by atoms with E-state index in [9.17, 15) is 14.4 Å². The molecule has 1 heterocycles. The Morgan fingerprint density at radius 2 is 1.97 bits per heavy atom. The highest BCUT2D eigenvalue weighted by molar-refractivity contribution is 8.18. The summed E-state index contributed by atoms with van der Waals surface area (Å²) < 4.78 is 16.2. The molecule has 0 saturated carbocycles. The van der Waals surface area contributed by atoms with Gasteiger partial charge in [0.15, 0.2) is 11.5 Å². The molecule has 0 radical (unpaired) electrons. The molecular formula is C21H19NO6S. The van der Waals surface area contributed by atoms with Crippen molar-refractivity contribution in [3.05, 3.63) is 58.5 Å². The van der Waals surface area contributed by atoms with E-state index in [0.717, 1.165) is 17.3 Å². The van der Waals surface area contributed by atoms with Gasteiger partial charge in [0.1, 0.15) is 5.75 Å².